The Labute approximate surface area is 255 Å². The van der Waals surface area contributed by atoms with Gasteiger partial charge in [0.1, 0.15) is 48.7 Å². The minimum Gasteiger partial charge on any atom is -0.394 e. The molecule has 6 heterocycles. The van der Waals surface area contributed by atoms with E-state index < -0.39 is 90.1 Å². The third-order valence-electron chi connectivity index (χ3n) is 7.20. The number of hydrogen-bond acceptors (Lipinski definition) is 17. The van der Waals surface area contributed by atoms with E-state index in [2.05, 4.69) is 29.9 Å². The maximum absolute atomic E-state index is 15.7. The Morgan fingerprint density at radius 1 is 1.07 bits per heavy atom. The minimum atomic E-state index is -5.16. The number of alkyl halides is 1. The Kier molecular flexibility index (Phi) is 8.91. The molecule has 22 nitrogen and oxygen atoms in total. The monoisotopic (exact) mass is 692 g/mol. The lowest BCUT2D eigenvalue weighted by Crippen LogP contribution is -2.36. The molecule has 2 fully saturated rings. The van der Waals surface area contributed by atoms with Gasteiger partial charge in [0.2, 0.25) is 14.0 Å². The van der Waals surface area contributed by atoms with Crippen LogP contribution in [0.5, 0.6) is 0 Å². The second-order valence-corrected chi connectivity index (χ2v) is 12.6. The number of nitrogens with one attached hydrogen (secondary N) is 1. The molecule has 0 saturated carbocycles. The molecule has 0 amide bonds. The van der Waals surface area contributed by atoms with Gasteiger partial charge in [-0.2, -0.15) is 4.98 Å². The van der Waals surface area contributed by atoms with Gasteiger partial charge in [-0.25, -0.2) is 28.9 Å². The van der Waals surface area contributed by atoms with Crippen molar-refractivity contribution in [3.63, 3.8) is 0 Å². The smallest absolute Gasteiger partial charge is 0.394 e. The molecule has 9 N–H and O–H groups in total. The van der Waals surface area contributed by atoms with Crippen molar-refractivity contribution in [1.29, 1.82) is 0 Å². The van der Waals surface area contributed by atoms with Gasteiger partial charge in [0.05, 0.1) is 25.9 Å². The third kappa shape index (κ3) is 6.02. The van der Waals surface area contributed by atoms with Crippen LogP contribution in [0.25, 0.3) is 22.3 Å². The molecule has 4 aromatic rings. The number of nitrogens with two attached hydrogens (primary N) is 2. The number of phosphoric acid groups is 1. The summed E-state index contributed by atoms with van der Waals surface area (Å²) in [6.07, 6.45) is -10.0. The molecule has 0 bridgehead atoms. The highest BCUT2D eigenvalue weighted by molar-refractivity contribution is 7.47. The van der Waals surface area contributed by atoms with Gasteiger partial charge in [-0.05, 0) is 0 Å². The summed E-state index contributed by atoms with van der Waals surface area (Å²) in [6, 6.07) is 0. The zero-order chi connectivity index (χ0) is 32.9. The van der Waals surface area contributed by atoms with Gasteiger partial charge in [-0.15, -0.1) is 0 Å². The molecule has 25 heteroatoms. The molecule has 250 valence electrons. The molecule has 2 saturated heterocycles. The van der Waals surface area contributed by atoms with Crippen molar-refractivity contribution in [3.8, 4) is 0 Å². The Bertz CT molecular complexity index is 1880. The number of aromatic nitrogens is 8. The van der Waals surface area contributed by atoms with Crippen LogP contribution in [0.15, 0.2) is 23.8 Å². The predicted molar refractivity (Wildman–Crippen MR) is 150 cm³/mol. The number of rotatable bonds is 11. The molecule has 2 aliphatic rings. The van der Waals surface area contributed by atoms with Crippen molar-refractivity contribution in [2.45, 2.75) is 49.1 Å². The zero-order valence-corrected chi connectivity index (χ0v) is 25.0. The average molecular weight is 692 g/mol. The number of hydrogen-bond donors (Lipinski definition) is 7. The summed E-state index contributed by atoms with van der Waals surface area (Å²) in [5.41, 5.74) is 10.7. The summed E-state index contributed by atoms with van der Waals surface area (Å²) in [6.45, 7) is -1.66. The lowest BCUT2D eigenvalue weighted by atomic mass is 10.1. The van der Waals surface area contributed by atoms with Gasteiger partial charge >= 0.3 is 7.82 Å². The van der Waals surface area contributed by atoms with Gasteiger partial charge in [0, 0.05) is 0 Å². The standard InChI is InChI=1S/C21H27FN10O12P2/c22-9-13(7(1-33)42-19(9)31-4-27-10-15(23)25-3-26-16(10)31)44-46(38,39)41-2-8-12(34)14(40-6-45(36)37)20(43-8)32-5-28-11-17(32)29-21(24)30-18(11)35/h3-5,7-9,12-14,19-20,33-34,45H,1-2,6H2,(H,36,37)(H,38,39)(H2,23,25,26)(H3,24,29,30,35)/t7-,8-,9?,12+,13+,14?,19-,20-/m1/s1. The van der Waals surface area contributed by atoms with Crippen LogP contribution in [0.2, 0.25) is 0 Å². The van der Waals surface area contributed by atoms with Gasteiger partial charge in [0.25, 0.3) is 5.56 Å². The number of aliphatic hydroxyl groups excluding tert-OH is 2. The lowest BCUT2D eigenvalue weighted by Gasteiger charge is -2.23. The van der Waals surface area contributed by atoms with Crippen LogP contribution in [-0.2, 0) is 32.4 Å². The van der Waals surface area contributed by atoms with E-state index in [1.54, 1.807) is 0 Å². The summed E-state index contributed by atoms with van der Waals surface area (Å²) >= 11 is 0. The molecule has 2 aliphatic heterocycles. The Morgan fingerprint density at radius 2 is 1.76 bits per heavy atom. The van der Waals surface area contributed by atoms with Crippen molar-refractivity contribution in [2.24, 2.45) is 0 Å². The quantitative estimate of drug-likeness (QED) is 0.0829. The lowest BCUT2D eigenvalue weighted by molar-refractivity contribution is -0.0648. The van der Waals surface area contributed by atoms with Gasteiger partial charge in [0.15, 0.2) is 41.3 Å². The van der Waals surface area contributed by atoms with E-state index in [0.29, 0.717) is 0 Å². The molecule has 0 radical (unpaired) electrons. The first-order chi connectivity index (χ1) is 21.9. The van der Waals surface area contributed by atoms with Crippen LogP contribution in [0.1, 0.15) is 12.5 Å². The van der Waals surface area contributed by atoms with E-state index in [0.717, 1.165) is 17.2 Å². The van der Waals surface area contributed by atoms with E-state index in [1.165, 1.54) is 10.9 Å². The van der Waals surface area contributed by atoms with Crippen LogP contribution in [0.3, 0.4) is 0 Å². The van der Waals surface area contributed by atoms with Crippen LogP contribution >= 0.6 is 15.9 Å². The topological polar surface area (TPSA) is 320 Å². The number of aromatic amines is 1. The van der Waals surface area contributed by atoms with E-state index in [9.17, 15) is 33.9 Å². The van der Waals surface area contributed by atoms with Crippen LogP contribution < -0.4 is 17.0 Å². The van der Waals surface area contributed by atoms with Crippen molar-refractivity contribution >= 4 is 49.9 Å². The number of anilines is 2. The number of halogens is 1. The highest BCUT2D eigenvalue weighted by Crippen LogP contribution is 2.50. The van der Waals surface area contributed by atoms with E-state index >= 15 is 4.39 Å². The first kappa shape index (κ1) is 32.5. The number of nitrogens with zero attached hydrogens (tertiary/aromatic N) is 7. The number of aliphatic hydroxyl groups is 2. The largest absolute Gasteiger partial charge is 0.472 e. The molecule has 4 aromatic heterocycles. The first-order valence-electron chi connectivity index (χ1n) is 13.3. The van der Waals surface area contributed by atoms with Crippen molar-refractivity contribution in [2.75, 3.05) is 31.0 Å². The van der Waals surface area contributed by atoms with Gasteiger partial charge in [-0.1, -0.05) is 0 Å². The van der Waals surface area contributed by atoms with E-state index in [-0.39, 0.29) is 34.1 Å². The maximum Gasteiger partial charge on any atom is 0.472 e. The molecular weight excluding hydrogens is 665 g/mol. The van der Waals surface area contributed by atoms with Gasteiger partial charge in [-0.3, -0.25) is 32.5 Å². The molecule has 10 atom stereocenters. The summed E-state index contributed by atoms with van der Waals surface area (Å²) in [5.74, 6) is -0.248. The molecule has 0 spiro atoms. The molecule has 46 heavy (non-hydrogen) atoms. The zero-order valence-electron chi connectivity index (χ0n) is 23.1. The minimum absolute atomic E-state index is 0.0177. The summed E-state index contributed by atoms with van der Waals surface area (Å²) < 4.78 is 69.2. The number of phosphoric ester groups is 1. The Balaban J connectivity index is 1.18. The number of H-pyrrole nitrogens is 1. The average Bonchev–Trinajstić information content (AvgIpc) is 3.76. The highest BCUT2D eigenvalue weighted by Gasteiger charge is 2.51. The second-order valence-electron chi connectivity index (χ2n) is 10.1. The fourth-order valence-corrected chi connectivity index (χ4v) is 6.45. The second kappa shape index (κ2) is 12.6. The van der Waals surface area contributed by atoms with E-state index in [4.69, 9.17) is 34.7 Å². The summed E-state index contributed by atoms with van der Waals surface area (Å²) in [4.78, 5) is 54.1. The van der Waals surface area contributed by atoms with Gasteiger partial charge < -0.3 is 45.7 Å². The maximum atomic E-state index is 15.7. The molecule has 0 aromatic carbocycles. The van der Waals surface area contributed by atoms with Crippen molar-refractivity contribution < 1.29 is 56.8 Å². The van der Waals surface area contributed by atoms with Crippen LogP contribution in [-0.4, -0.2) is 115 Å². The number of nitrogen functional groups attached to an aromatic ring is 2. The molecule has 0 aliphatic carbocycles. The van der Waals surface area contributed by atoms with Crippen molar-refractivity contribution in [1.82, 2.24) is 39.0 Å². The fraction of sp³-hybridized carbons (Fsp3) is 0.524. The normalized spacial score (nSPS) is 30.3. The highest BCUT2D eigenvalue weighted by atomic mass is 31.2. The number of fused-ring (bicyclic) bond motifs is 2. The third-order valence-corrected chi connectivity index (χ3v) is 8.60. The van der Waals surface area contributed by atoms with Crippen LogP contribution in [0.4, 0.5) is 16.2 Å². The fourth-order valence-electron chi connectivity index (χ4n) is 5.16. The Hall–Kier alpha value is -3.47. The summed E-state index contributed by atoms with van der Waals surface area (Å²) in [7, 11) is -8.34. The van der Waals surface area contributed by atoms with Crippen LogP contribution in [0, 0.1) is 0 Å². The SMILES string of the molecule is Nc1nc2c(ncn2[C@@H]2O[C@H](COP(=O)(O)O[C@@H]3C(F)[C@H](n4cnc5c(N)ncnc54)O[C@@H]3CO)[C@H](O)C2OC[PH](=O)O)c(=O)[nH]1. The number of imidazole rings is 2. The van der Waals surface area contributed by atoms with Crippen molar-refractivity contribution in [3.05, 3.63) is 29.3 Å². The molecular formula is C21H27FN10O12P2. The van der Waals surface area contributed by atoms with E-state index in [1.807, 2.05) is 0 Å². The molecule has 4 unspecified atom stereocenters. The first-order valence-corrected chi connectivity index (χ1v) is 16.3. The Morgan fingerprint density at radius 3 is 2.48 bits per heavy atom. The molecule has 6 rings (SSSR count). The number of ether oxygens (including phenoxy) is 3. The predicted octanol–water partition coefficient (Wildman–Crippen LogP) is -2.08. The summed E-state index contributed by atoms with van der Waals surface area (Å²) in [5, 5.41) is 20.8.